The summed E-state index contributed by atoms with van der Waals surface area (Å²) in [6.45, 7) is 0.400. The summed E-state index contributed by atoms with van der Waals surface area (Å²) in [6, 6.07) is 0. The summed E-state index contributed by atoms with van der Waals surface area (Å²) < 4.78 is 22.4. The van der Waals surface area contributed by atoms with Crippen molar-refractivity contribution >= 4 is 0 Å². The lowest BCUT2D eigenvalue weighted by Gasteiger charge is -1.94. The molecular formula is C4H9F2N. The van der Waals surface area contributed by atoms with E-state index in [9.17, 15) is 8.78 Å². The third-order valence-corrected chi connectivity index (χ3v) is 0.613. The summed E-state index contributed by atoms with van der Waals surface area (Å²) in [4.78, 5) is 0. The Hall–Kier alpha value is -0.180. The van der Waals surface area contributed by atoms with Gasteiger partial charge >= 0.3 is 0 Å². The average molecular weight is 109 g/mol. The highest BCUT2D eigenvalue weighted by molar-refractivity contribution is 4.41. The number of halogens is 2. The van der Waals surface area contributed by atoms with Crippen molar-refractivity contribution in [3.05, 3.63) is 0 Å². The Morgan fingerprint density at radius 3 is 2.29 bits per heavy atom. The quantitative estimate of drug-likeness (QED) is 0.566. The second-order valence-electron chi connectivity index (χ2n) is 1.28. The van der Waals surface area contributed by atoms with E-state index < -0.39 is 6.43 Å². The number of alkyl halides is 2. The molecule has 0 rings (SSSR count). The van der Waals surface area contributed by atoms with Crippen LogP contribution in [-0.4, -0.2) is 20.0 Å². The first kappa shape index (κ1) is 6.82. The van der Waals surface area contributed by atoms with Gasteiger partial charge in [0.05, 0.1) is 0 Å². The number of rotatable bonds is 3. The molecular weight excluding hydrogens is 100 g/mol. The predicted octanol–water partition coefficient (Wildman–Crippen LogP) is 0.861. The first-order chi connectivity index (χ1) is 3.27. The maximum absolute atomic E-state index is 11.2. The van der Waals surface area contributed by atoms with Crippen molar-refractivity contribution in [1.82, 2.24) is 5.32 Å². The Bertz CT molecular complexity index is 38.7. The van der Waals surface area contributed by atoms with Crippen LogP contribution in [0.25, 0.3) is 0 Å². The molecule has 44 valence electrons. The third kappa shape index (κ3) is 5.82. The Balaban J connectivity index is 2.68. The van der Waals surface area contributed by atoms with E-state index in [-0.39, 0.29) is 6.42 Å². The van der Waals surface area contributed by atoms with E-state index in [2.05, 4.69) is 5.32 Å². The number of hydrogen-bond donors (Lipinski definition) is 1. The normalized spacial score (nSPS) is 10.3. The zero-order chi connectivity index (χ0) is 5.70. The standard InChI is InChI=1S/C4H9F2N/c1-7-3-2-4(5)6/h4,7H,2-3H2,1H3. The molecule has 0 spiro atoms. The van der Waals surface area contributed by atoms with Crippen LogP contribution in [0.5, 0.6) is 0 Å². The smallest absolute Gasteiger partial charge is 0.239 e. The van der Waals surface area contributed by atoms with Crippen LogP contribution in [0.1, 0.15) is 6.42 Å². The Kier molecular flexibility index (Phi) is 3.89. The minimum absolute atomic E-state index is 0.0451. The lowest BCUT2D eigenvalue weighted by Crippen LogP contribution is -2.10. The van der Waals surface area contributed by atoms with Crippen molar-refractivity contribution in [2.75, 3.05) is 13.6 Å². The molecule has 3 heteroatoms. The van der Waals surface area contributed by atoms with Crippen LogP contribution in [0, 0.1) is 0 Å². The maximum Gasteiger partial charge on any atom is 0.239 e. The zero-order valence-electron chi connectivity index (χ0n) is 4.25. The summed E-state index contributed by atoms with van der Waals surface area (Å²) in [5, 5.41) is 2.62. The largest absolute Gasteiger partial charge is 0.320 e. The van der Waals surface area contributed by atoms with Crippen LogP contribution in [0.4, 0.5) is 8.78 Å². The van der Waals surface area contributed by atoms with E-state index >= 15 is 0 Å². The van der Waals surface area contributed by atoms with E-state index in [0.717, 1.165) is 0 Å². The summed E-state index contributed by atoms with van der Waals surface area (Å²) in [5.41, 5.74) is 0. The maximum atomic E-state index is 11.2. The van der Waals surface area contributed by atoms with Gasteiger partial charge in [0.15, 0.2) is 0 Å². The fourth-order valence-electron chi connectivity index (χ4n) is 0.253. The first-order valence-electron chi connectivity index (χ1n) is 2.20. The molecule has 7 heavy (non-hydrogen) atoms. The van der Waals surface area contributed by atoms with Crippen molar-refractivity contribution in [1.29, 1.82) is 0 Å². The van der Waals surface area contributed by atoms with Gasteiger partial charge < -0.3 is 5.32 Å². The molecule has 0 unspecified atom stereocenters. The molecule has 0 atom stereocenters. The van der Waals surface area contributed by atoms with Gasteiger partial charge in [0, 0.05) is 13.0 Å². The van der Waals surface area contributed by atoms with Crippen molar-refractivity contribution in [3.8, 4) is 0 Å². The second-order valence-corrected chi connectivity index (χ2v) is 1.28. The van der Waals surface area contributed by atoms with Gasteiger partial charge in [-0.2, -0.15) is 0 Å². The van der Waals surface area contributed by atoms with Gasteiger partial charge in [0.1, 0.15) is 0 Å². The topological polar surface area (TPSA) is 12.0 Å². The van der Waals surface area contributed by atoms with Crippen molar-refractivity contribution < 1.29 is 8.78 Å². The van der Waals surface area contributed by atoms with Crippen LogP contribution >= 0.6 is 0 Å². The van der Waals surface area contributed by atoms with Gasteiger partial charge in [-0.1, -0.05) is 0 Å². The van der Waals surface area contributed by atoms with E-state index in [1.54, 1.807) is 7.05 Å². The zero-order valence-corrected chi connectivity index (χ0v) is 4.25. The van der Waals surface area contributed by atoms with Crippen molar-refractivity contribution in [2.24, 2.45) is 0 Å². The number of hydrogen-bond acceptors (Lipinski definition) is 1. The molecule has 0 saturated carbocycles. The minimum Gasteiger partial charge on any atom is -0.320 e. The van der Waals surface area contributed by atoms with E-state index in [4.69, 9.17) is 0 Å². The summed E-state index contributed by atoms with van der Waals surface area (Å²) in [5.74, 6) is 0. The molecule has 1 nitrogen and oxygen atoms in total. The highest BCUT2D eigenvalue weighted by Crippen LogP contribution is 1.94. The van der Waals surface area contributed by atoms with E-state index in [0.29, 0.717) is 6.54 Å². The molecule has 0 aliphatic rings. The molecule has 0 radical (unpaired) electrons. The third-order valence-electron chi connectivity index (χ3n) is 0.613. The number of nitrogens with one attached hydrogen (secondary N) is 1. The van der Waals surface area contributed by atoms with Crippen molar-refractivity contribution in [3.63, 3.8) is 0 Å². The van der Waals surface area contributed by atoms with Crippen LogP contribution in [-0.2, 0) is 0 Å². The second kappa shape index (κ2) is 3.99. The van der Waals surface area contributed by atoms with Gasteiger partial charge in [-0.05, 0) is 7.05 Å². The summed E-state index contributed by atoms with van der Waals surface area (Å²) >= 11 is 0. The molecule has 0 aliphatic heterocycles. The predicted molar refractivity (Wildman–Crippen MR) is 24.5 cm³/mol. The van der Waals surface area contributed by atoms with E-state index in [1.165, 1.54) is 0 Å². The van der Waals surface area contributed by atoms with Gasteiger partial charge in [-0.25, -0.2) is 8.78 Å². The van der Waals surface area contributed by atoms with Crippen LogP contribution < -0.4 is 5.32 Å². The fourth-order valence-corrected chi connectivity index (χ4v) is 0.253. The molecule has 0 amide bonds. The Morgan fingerprint density at radius 2 is 2.14 bits per heavy atom. The van der Waals surface area contributed by atoms with E-state index in [1.807, 2.05) is 0 Å². The first-order valence-corrected chi connectivity index (χ1v) is 2.20. The summed E-state index contributed by atoms with van der Waals surface area (Å²) in [6.07, 6.45) is -2.20. The van der Waals surface area contributed by atoms with Gasteiger partial charge in [-0.15, -0.1) is 0 Å². The van der Waals surface area contributed by atoms with Crippen LogP contribution in [0.2, 0.25) is 0 Å². The molecule has 0 fully saturated rings. The van der Waals surface area contributed by atoms with Gasteiger partial charge in [-0.3, -0.25) is 0 Å². The van der Waals surface area contributed by atoms with Gasteiger partial charge in [0.25, 0.3) is 0 Å². The molecule has 0 aromatic heterocycles. The van der Waals surface area contributed by atoms with Crippen LogP contribution in [0.15, 0.2) is 0 Å². The van der Waals surface area contributed by atoms with Crippen LogP contribution in [0.3, 0.4) is 0 Å². The molecule has 0 saturated heterocycles. The molecule has 0 aliphatic carbocycles. The SMILES string of the molecule is CNCCC(F)F. The highest BCUT2D eigenvalue weighted by Gasteiger charge is 1.97. The monoisotopic (exact) mass is 109 g/mol. The lowest BCUT2D eigenvalue weighted by atomic mass is 10.4. The Labute approximate surface area is 41.7 Å². The highest BCUT2D eigenvalue weighted by atomic mass is 19.3. The summed E-state index contributed by atoms with van der Waals surface area (Å²) in [7, 11) is 1.66. The molecule has 1 N–H and O–H groups in total. The fraction of sp³-hybridized carbons (Fsp3) is 1.00. The van der Waals surface area contributed by atoms with Crippen molar-refractivity contribution in [2.45, 2.75) is 12.8 Å². The molecule has 0 aromatic rings. The molecule has 0 bridgehead atoms. The molecule has 0 heterocycles. The lowest BCUT2D eigenvalue weighted by molar-refractivity contribution is 0.138. The average Bonchev–Trinajstić information content (AvgIpc) is 1.61. The molecule has 0 aromatic carbocycles. The Morgan fingerprint density at radius 1 is 1.57 bits per heavy atom. The van der Waals surface area contributed by atoms with Gasteiger partial charge in [0.2, 0.25) is 6.43 Å². The minimum atomic E-state index is -2.16.